The van der Waals surface area contributed by atoms with Gasteiger partial charge in [-0.2, -0.15) is 0 Å². The molecule has 0 saturated carbocycles. The smallest absolute Gasteiger partial charge is 0.744 e. The van der Waals surface area contributed by atoms with Crippen LogP contribution in [0.15, 0.2) is 35.2 Å². The number of rotatable bonds is 11. The molecule has 0 unspecified atom stereocenters. The number of hydrogen-bond donors (Lipinski definition) is 0. The van der Waals surface area contributed by atoms with Crippen LogP contribution < -0.4 is 29.6 Å². The summed E-state index contributed by atoms with van der Waals surface area (Å²) in [6, 6.07) is 6.04. The van der Waals surface area contributed by atoms with Crippen molar-refractivity contribution in [1.82, 2.24) is 0 Å². The second-order valence-electron chi connectivity index (χ2n) is 5.69. The van der Waals surface area contributed by atoms with Gasteiger partial charge in [-0.25, -0.2) is 8.42 Å². The van der Waals surface area contributed by atoms with Crippen LogP contribution in [0.3, 0.4) is 0 Å². The van der Waals surface area contributed by atoms with E-state index in [1.54, 1.807) is 12.1 Å². The van der Waals surface area contributed by atoms with Gasteiger partial charge in [0.2, 0.25) is 0 Å². The van der Waals surface area contributed by atoms with Crippen LogP contribution >= 0.6 is 0 Å². The third-order valence-electron chi connectivity index (χ3n) is 3.70. The Kier molecular flexibility index (Phi) is 13.1. The molecule has 0 spiro atoms. The minimum Gasteiger partial charge on any atom is -0.744 e. The molecule has 1 rings (SSSR count). The maximum Gasteiger partial charge on any atom is 1.00 e. The molecule has 0 aliphatic rings. The quantitative estimate of drug-likeness (QED) is 0.350. The van der Waals surface area contributed by atoms with E-state index in [0.717, 1.165) is 12.0 Å². The molecule has 0 aliphatic heterocycles. The minimum atomic E-state index is -4.34. The normalized spacial score (nSPS) is 11.6. The van der Waals surface area contributed by atoms with Crippen LogP contribution in [0.1, 0.15) is 70.3 Å². The van der Waals surface area contributed by atoms with Gasteiger partial charge in [0.25, 0.3) is 0 Å². The van der Waals surface area contributed by atoms with Gasteiger partial charge in [0.15, 0.2) is 0 Å². The zero-order valence-electron chi connectivity index (χ0n) is 14.5. The van der Waals surface area contributed by atoms with Crippen LogP contribution in [0.2, 0.25) is 0 Å². The summed E-state index contributed by atoms with van der Waals surface area (Å²) in [5.41, 5.74) is 0.923. The monoisotopic (exact) mass is 346 g/mol. The minimum absolute atomic E-state index is 0. The van der Waals surface area contributed by atoms with E-state index >= 15 is 0 Å². The van der Waals surface area contributed by atoms with E-state index in [-0.39, 0.29) is 34.5 Å². The van der Waals surface area contributed by atoms with Crippen molar-refractivity contribution in [2.45, 2.75) is 69.6 Å². The summed E-state index contributed by atoms with van der Waals surface area (Å²) in [6.45, 7) is 2.24. The van der Waals surface area contributed by atoms with E-state index in [0.29, 0.717) is 0 Å². The van der Waals surface area contributed by atoms with Crippen LogP contribution in [-0.4, -0.2) is 13.0 Å². The summed E-state index contributed by atoms with van der Waals surface area (Å²) < 4.78 is 32.4. The van der Waals surface area contributed by atoms with Gasteiger partial charge in [-0.3, -0.25) is 0 Å². The Morgan fingerprint density at radius 1 is 0.913 bits per heavy atom. The zero-order chi connectivity index (χ0) is 16.3. The predicted molar refractivity (Wildman–Crippen MR) is 90.7 cm³/mol. The SMILES string of the molecule is CCCCCCCCCC/C=C/c1ccc(S(=O)(=O)[O-])cc1.[Na+]. The Morgan fingerprint density at radius 3 is 1.96 bits per heavy atom. The van der Waals surface area contributed by atoms with Crippen LogP contribution in [-0.2, 0) is 10.1 Å². The Hall–Kier alpha value is -0.130. The average Bonchev–Trinajstić information content (AvgIpc) is 2.49. The first-order chi connectivity index (χ1) is 10.5. The number of hydrogen-bond acceptors (Lipinski definition) is 3. The first-order valence-electron chi connectivity index (χ1n) is 8.26. The third-order valence-corrected chi connectivity index (χ3v) is 4.55. The maximum atomic E-state index is 10.8. The molecule has 0 N–H and O–H groups in total. The Labute approximate surface area is 163 Å². The molecule has 23 heavy (non-hydrogen) atoms. The van der Waals surface area contributed by atoms with E-state index in [1.807, 2.05) is 6.08 Å². The fourth-order valence-electron chi connectivity index (χ4n) is 2.36. The number of allylic oxidation sites excluding steroid dienone is 1. The first kappa shape index (κ1) is 22.9. The fourth-order valence-corrected chi connectivity index (χ4v) is 2.83. The van der Waals surface area contributed by atoms with Crippen LogP contribution in [0.25, 0.3) is 6.08 Å². The summed E-state index contributed by atoms with van der Waals surface area (Å²) in [6.07, 6.45) is 15.6. The molecule has 3 nitrogen and oxygen atoms in total. The fraction of sp³-hybridized carbons (Fsp3) is 0.556. The van der Waals surface area contributed by atoms with Gasteiger partial charge in [-0.05, 0) is 30.5 Å². The molecule has 0 bridgehead atoms. The van der Waals surface area contributed by atoms with Gasteiger partial charge >= 0.3 is 29.6 Å². The van der Waals surface area contributed by atoms with Crippen molar-refractivity contribution in [2.75, 3.05) is 0 Å². The zero-order valence-corrected chi connectivity index (χ0v) is 17.3. The number of unbranched alkanes of at least 4 members (excludes halogenated alkanes) is 8. The largest absolute Gasteiger partial charge is 1.00 e. The second kappa shape index (κ2) is 13.2. The molecular weight excluding hydrogens is 319 g/mol. The molecule has 0 aliphatic carbocycles. The molecule has 124 valence electrons. The average molecular weight is 346 g/mol. The second-order valence-corrected chi connectivity index (χ2v) is 7.07. The molecule has 1 aromatic carbocycles. The topological polar surface area (TPSA) is 57.2 Å². The molecule has 0 atom stereocenters. The first-order valence-corrected chi connectivity index (χ1v) is 9.67. The molecule has 5 heteroatoms. The van der Waals surface area contributed by atoms with Crippen molar-refractivity contribution in [3.05, 3.63) is 35.9 Å². The summed E-state index contributed by atoms with van der Waals surface area (Å²) in [4.78, 5) is -0.173. The molecule has 0 amide bonds. The van der Waals surface area contributed by atoms with Crippen molar-refractivity contribution in [3.63, 3.8) is 0 Å². The molecule has 1 aromatic rings. The Morgan fingerprint density at radius 2 is 1.43 bits per heavy atom. The van der Waals surface area contributed by atoms with Gasteiger partial charge in [0, 0.05) is 0 Å². The van der Waals surface area contributed by atoms with Gasteiger partial charge in [-0.1, -0.05) is 76.2 Å². The van der Waals surface area contributed by atoms with Gasteiger partial charge in [0.05, 0.1) is 4.90 Å². The number of benzene rings is 1. The molecule has 0 fully saturated rings. The van der Waals surface area contributed by atoms with Gasteiger partial charge in [0.1, 0.15) is 10.1 Å². The van der Waals surface area contributed by atoms with Gasteiger partial charge < -0.3 is 4.55 Å². The standard InChI is InChI=1S/C18H28O3S.Na/c1-2-3-4-5-6-7-8-9-10-11-12-17-13-15-18(16-14-17)22(19,20)21;/h11-16H,2-10H2,1H3,(H,19,20,21);/q;+1/p-1/b12-11+;. The van der Waals surface area contributed by atoms with E-state index in [1.165, 1.54) is 63.5 Å². The Balaban J connectivity index is 0.00000484. The van der Waals surface area contributed by atoms with Crippen molar-refractivity contribution in [2.24, 2.45) is 0 Å². The summed E-state index contributed by atoms with van der Waals surface area (Å²) in [7, 11) is -4.34. The maximum absolute atomic E-state index is 10.8. The van der Waals surface area contributed by atoms with E-state index < -0.39 is 10.1 Å². The third kappa shape index (κ3) is 11.1. The van der Waals surface area contributed by atoms with Crippen LogP contribution in [0.5, 0.6) is 0 Å². The van der Waals surface area contributed by atoms with Crippen molar-refractivity contribution >= 4 is 16.2 Å². The molecule has 0 radical (unpaired) electrons. The van der Waals surface area contributed by atoms with Gasteiger partial charge in [-0.15, -0.1) is 0 Å². The van der Waals surface area contributed by atoms with E-state index in [4.69, 9.17) is 0 Å². The van der Waals surface area contributed by atoms with Crippen molar-refractivity contribution in [1.29, 1.82) is 0 Å². The predicted octanol–water partition coefficient (Wildman–Crippen LogP) is 2.14. The summed E-state index contributed by atoms with van der Waals surface area (Å²) in [5, 5.41) is 0. The Bertz CT molecular complexity index is 536. The van der Waals surface area contributed by atoms with Crippen molar-refractivity contribution in [3.8, 4) is 0 Å². The van der Waals surface area contributed by atoms with Crippen molar-refractivity contribution < 1.29 is 42.5 Å². The molecular formula is C18H27NaO3S. The molecule has 0 heterocycles. The van der Waals surface area contributed by atoms with E-state index in [9.17, 15) is 13.0 Å². The molecule has 0 saturated heterocycles. The van der Waals surface area contributed by atoms with Crippen LogP contribution in [0, 0.1) is 0 Å². The molecule has 0 aromatic heterocycles. The summed E-state index contributed by atoms with van der Waals surface area (Å²) in [5.74, 6) is 0. The van der Waals surface area contributed by atoms with Crippen LogP contribution in [0.4, 0.5) is 0 Å². The van der Waals surface area contributed by atoms with E-state index in [2.05, 4.69) is 13.0 Å². The summed E-state index contributed by atoms with van der Waals surface area (Å²) >= 11 is 0.